The lowest BCUT2D eigenvalue weighted by Gasteiger charge is -2.12. The third-order valence-electron chi connectivity index (χ3n) is 1.01. The summed E-state index contributed by atoms with van der Waals surface area (Å²) in [7, 11) is 3.42. The summed E-state index contributed by atoms with van der Waals surface area (Å²) < 4.78 is 0. The van der Waals surface area contributed by atoms with Gasteiger partial charge in [-0.05, 0) is 0 Å². The van der Waals surface area contributed by atoms with Crippen molar-refractivity contribution in [2.45, 2.75) is 13.3 Å². The van der Waals surface area contributed by atoms with Gasteiger partial charge in [0.2, 0.25) is 5.91 Å². The Morgan fingerprint density at radius 3 is 2.38 bits per heavy atom. The van der Waals surface area contributed by atoms with Gasteiger partial charge in [-0.2, -0.15) is 0 Å². The third-order valence-corrected chi connectivity index (χ3v) is 1.01. The number of rotatable bonds is 2. The quantitative estimate of drug-likeness (QED) is 0.514. The first-order valence-electron chi connectivity index (χ1n) is 2.66. The molecule has 0 rings (SSSR count). The number of carbonyl (C=O) groups is 1. The van der Waals surface area contributed by atoms with Crippen LogP contribution in [0.5, 0.6) is 0 Å². The van der Waals surface area contributed by atoms with E-state index in [4.69, 9.17) is 0 Å². The van der Waals surface area contributed by atoms with Crippen LogP contribution >= 0.6 is 0 Å². The molecule has 3 heteroatoms. The summed E-state index contributed by atoms with van der Waals surface area (Å²) in [4.78, 5) is 10.6. The van der Waals surface area contributed by atoms with Gasteiger partial charge < -0.3 is 0 Å². The zero-order chi connectivity index (χ0) is 6.57. The molecular weight excluding hydrogens is 104 g/mol. The smallest absolute Gasteiger partial charge is 0.236 e. The van der Waals surface area contributed by atoms with E-state index in [1.165, 1.54) is 5.01 Å². The number of hydrazine groups is 1. The Morgan fingerprint density at radius 2 is 2.25 bits per heavy atom. The third kappa shape index (κ3) is 1.93. The lowest BCUT2D eigenvalue weighted by atomic mass is 10.4. The number of hydrogen-bond acceptors (Lipinski definition) is 2. The van der Waals surface area contributed by atoms with Gasteiger partial charge in [-0.15, -0.1) is 0 Å². The molecule has 0 fully saturated rings. The first kappa shape index (κ1) is 7.43. The van der Waals surface area contributed by atoms with Gasteiger partial charge in [-0.3, -0.25) is 9.80 Å². The van der Waals surface area contributed by atoms with Gasteiger partial charge in [0.15, 0.2) is 0 Å². The summed E-state index contributed by atoms with van der Waals surface area (Å²) in [5.41, 5.74) is 2.70. The highest BCUT2D eigenvalue weighted by molar-refractivity contribution is 5.74. The van der Waals surface area contributed by atoms with Crippen molar-refractivity contribution in [3.63, 3.8) is 0 Å². The summed E-state index contributed by atoms with van der Waals surface area (Å²) >= 11 is 0. The van der Waals surface area contributed by atoms with Crippen molar-refractivity contribution in [2.24, 2.45) is 0 Å². The maximum Gasteiger partial charge on any atom is 0.236 e. The fourth-order valence-electron chi connectivity index (χ4n) is 0.362. The summed E-state index contributed by atoms with van der Waals surface area (Å²) in [6, 6.07) is 0. The molecule has 0 aliphatic heterocycles. The standard InChI is InChI=1S/C5H12N2O/c1-4-5(8)7(3)6-2/h6H,4H2,1-3H3. The highest BCUT2D eigenvalue weighted by Gasteiger charge is 1.99. The van der Waals surface area contributed by atoms with Crippen molar-refractivity contribution >= 4 is 5.91 Å². The molecule has 0 spiro atoms. The number of nitrogens with one attached hydrogen (secondary N) is 1. The van der Waals surface area contributed by atoms with E-state index in [1.54, 1.807) is 14.1 Å². The maximum atomic E-state index is 10.6. The molecule has 0 saturated carbocycles. The Balaban J connectivity index is 3.46. The second-order valence-corrected chi connectivity index (χ2v) is 1.53. The number of carbonyl (C=O) groups excluding carboxylic acids is 1. The first-order chi connectivity index (χ1) is 3.72. The Labute approximate surface area is 49.6 Å². The molecule has 0 aromatic carbocycles. The Kier molecular flexibility index (Phi) is 3.19. The summed E-state index contributed by atoms with van der Waals surface area (Å²) in [6.07, 6.45) is 0.553. The fraction of sp³-hybridized carbons (Fsp3) is 0.800. The minimum absolute atomic E-state index is 0.104. The van der Waals surface area contributed by atoms with E-state index < -0.39 is 0 Å². The maximum absolute atomic E-state index is 10.6. The van der Waals surface area contributed by atoms with Crippen LogP contribution in [0.1, 0.15) is 13.3 Å². The van der Waals surface area contributed by atoms with Gasteiger partial charge in [0.1, 0.15) is 0 Å². The second kappa shape index (κ2) is 3.43. The van der Waals surface area contributed by atoms with E-state index in [2.05, 4.69) is 5.43 Å². The van der Waals surface area contributed by atoms with Gasteiger partial charge in [0, 0.05) is 20.5 Å². The van der Waals surface area contributed by atoms with E-state index in [0.29, 0.717) is 6.42 Å². The monoisotopic (exact) mass is 116 g/mol. The van der Waals surface area contributed by atoms with Crippen LogP contribution in [0.25, 0.3) is 0 Å². The zero-order valence-electron chi connectivity index (χ0n) is 5.56. The predicted molar refractivity (Wildman–Crippen MR) is 32.1 cm³/mol. The van der Waals surface area contributed by atoms with Crippen LogP contribution in [0, 0.1) is 0 Å². The molecule has 0 aliphatic rings. The first-order valence-corrected chi connectivity index (χ1v) is 2.66. The van der Waals surface area contributed by atoms with Crippen molar-refractivity contribution in [2.75, 3.05) is 14.1 Å². The molecule has 1 amide bonds. The van der Waals surface area contributed by atoms with E-state index in [0.717, 1.165) is 0 Å². The van der Waals surface area contributed by atoms with Gasteiger partial charge in [-0.1, -0.05) is 6.92 Å². The minimum Gasteiger partial charge on any atom is -0.281 e. The van der Waals surface area contributed by atoms with E-state index in [-0.39, 0.29) is 5.91 Å². The highest BCUT2D eigenvalue weighted by atomic mass is 16.2. The molecule has 0 saturated heterocycles. The Bertz CT molecular complexity index is 82.5. The van der Waals surface area contributed by atoms with Crippen LogP contribution in [0.2, 0.25) is 0 Å². The van der Waals surface area contributed by atoms with Gasteiger partial charge in [0.25, 0.3) is 0 Å². The molecule has 0 unspecified atom stereocenters. The molecule has 8 heavy (non-hydrogen) atoms. The van der Waals surface area contributed by atoms with Gasteiger partial charge >= 0.3 is 0 Å². The van der Waals surface area contributed by atoms with E-state index >= 15 is 0 Å². The molecular formula is C5H12N2O. The zero-order valence-corrected chi connectivity index (χ0v) is 5.56. The lowest BCUT2D eigenvalue weighted by molar-refractivity contribution is -0.131. The van der Waals surface area contributed by atoms with Gasteiger partial charge in [0.05, 0.1) is 0 Å². The van der Waals surface area contributed by atoms with Crippen molar-refractivity contribution in [3.8, 4) is 0 Å². The van der Waals surface area contributed by atoms with Crippen LogP contribution in [0.15, 0.2) is 0 Å². The molecule has 0 bridgehead atoms. The average Bonchev–Trinajstić information content (AvgIpc) is 1.84. The van der Waals surface area contributed by atoms with Crippen LogP contribution < -0.4 is 5.43 Å². The highest BCUT2D eigenvalue weighted by Crippen LogP contribution is 1.81. The van der Waals surface area contributed by atoms with Crippen molar-refractivity contribution in [3.05, 3.63) is 0 Å². The molecule has 0 heterocycles. The van der Waals surface area contributed by atoms with Crippen LogP contribution in [-0.2, 0) is 4.79 Å². The van der Waals surface area contributed by atoms with Crippen LogP contribution in [0.3, 0.4) is 0 Å². The summed E-state index contributed by atoms with van der Waals surface area (Å²) in [5, 5.41) is 1.46. The van der Waals surface area contributed by atoms with Crippen LogP contribution in [0.4, 0.5) is 0 Å². The Morgan fingerprint density at radius 1 is 1.75 bits per heavy atom. The normalized spacial score (nSPS) is 8.88. The fourth-order valence-corrected chi connectivity index (χ4v) is 0.362. The van der Waals surface area contributed by atoms with E-state index in [1.807, 2.05) is 6.92 Å². The van der Waals surface area contributed by atoms with E-state index in [9.17, 15) is 4.79 Å². The van der Waals surface area contributed by atoms with Crippen molar-refractivity contribution in [1.82, 2.24) is 10.4 Å². The molecule has 0 atom stereocenters. The number of nitrogens with zero attached hydrogens (tertiary/aromatic N) is 1. The van der Waals surface area contributed by atoms with Gasteiger partial charge in [-0.25, -0.2) is 5.43 Å². The predicted octanol–water partition coefficient (Wildman–Crippen LogP) is -0.0108. The molecule has 0 aromatic heterocycles. The van der Waals surface area contributed by atoms with Crippen molar-refractivity contribution < 1.29 is 4.79 Å². The molecule has 1 N–H and O–H groups in total. The summed E-state index contributed by atoms with van der Waals surface area (Å²) in [5.74, 6) is 0.104. The van der Waals surface area contributed by atoms with Crippen molar-refractivity contribution in [1.29, 1.82) is 0 Å². The number of hydrogen-bond donors (Lipinski definition) is 1. The largest absolute Gasteiger partial charge is 0.281 e. The molecule has 48 valence electrons. The lowest BCUT2D eigenvalue weighted by Crippen LogP contribution is -2.36. The average molecular weight is 116 g/mol. The number of amides is 1. The Hall–Kier alpha value is -0.570. The second-order valence-electron chi connectivity index (χ2n) is 1.53. The summed E-state index contributed by atoms with van der Waals surface area (Å²) in [6.45, 7) is 1.83. The molecule has 0 radical (unpaired) electrons. The molecule has 0 aromatic rings. The SMILES string of the molecule is CCC(=O)N(C)NC. The van der Waals surface area contributed by atoms with Crippen LogP contribution in [-0.4, -0.2) is 25.0 Å². The molecule has 3 nitrogen and oxygen atoms in total. The molecule has 0 aliphatic carbocycles. The minimum atomic E-state index is 0.104. The topological polar surface area (TPSA) is 32.3 Å².